The molecule has 0 spiro atoms. The summed E-state index contributed by atoms with van der Waals surface area (Å²) in [4.78, 5) is 15.2. The number of benzene rings is 1. The van der Waals surface area contributed by atoms with Crippen molar-refractivity contribution in [2.24, 2.45) is 0 Å². The van der Waals surface area contributed by atoms with Crippen LogP contribution in [0.15, 0.2) is 24.3 Å². The van der Waals surface area contributed by atoms with Gasteiger partial charge in [0.25, 0.3) is 0 Å². The molecule has 1 saturated heterocycles. The van der Waals surface area contributed by atoms with Gasteiger partial charge in [0.15, 0.2) is 9.84 Å². The number of aryl methyl sites for hydroxylation is 1. The molecule has 0 bridgehead atoms. The lowest BCUT2D eigenvalue weighted by Crippen LogP contribution is -2.36. The zero-order chi connectivity index (χ0) is 15.0. The van der Waals surface area contributed by atoms with Gasteiger partial charge in [0.05, 0.1) is 17.9 Å². The van der Waals surface area contributed by atoms with E-state index in [0.717, 1.165) is 22.2 Å². The number of rotatable bonds is 3. The van der Waals surface area contributed by atoms with Gasteiger partial charge in [-0.3, -0.25) is 4.79 Å². The van der Waals surface area contributed by atoms with Crippen LogP contribution < -0.4 is 5.32 Å². The number of hydrogen-bond donors (Lipinski definition) is 2. The van der Waals surface area contributed by atoms with Crippen LogP contribution in [0.2, 0.25) is 0 Å². The van der Waals surface area contributed by atoms with Crippen molar-refractivity contribution in [3.8, 4) is 0 Å². The number of nitrogens with one attached hydrogen (secondary N) is 2. The van der Waals surface area contributed by atoms with Crippen LogP contribution in [-0.2, 0) is 21.1 Å². The van der Waals surface area contributed by atoms with Crippen LogP contribution in [0.5, 0.6) is 0 Å². The number of amides is 1. The van der Waals surface area contributed by atoms with E-state index in [9.17, 15) is 13.2 Å². The quantitative estimate of drug-likeness (QED) is 0.897. The van der Waals surface area contributed by atoms with E-state index in [1.165, 1.54) is 0 Å². The van der Waals surface area contributed by atoms with Crippen molar-refractivity contribution in [2.45, 2.75) is 25.8 Å². The molecule has 2 aromatic rings. The summed E-state index contributed by atoms with van der Waals surface area (Å²) in [6.45, 7) is 1.99. The highest BCUT2D eigenvalue weighted by Gasteiger charge is 2.28. The Morgan fingerprint density at radius 3 is 2.90 bits per heavy atom. The molecule has 0 aliphatic carbocycles. The number of fused-ring (bicyclic) bond motifs is 1. The molecule has 1 aliphatic heterocycles. The summed E-state index contributed by atoms with van der Waals surface area (Å²) in [6.07, 6.45) is 0.792. The van der Waals surface area contributed by atoms with Gasteiger partial charge in [-0.15, -0.1) is 0 Å². The summed E-state index contributed by atoms with van der Waals surface area (Å²) >= 11 is 0. The maximum atomic E-state index is 12.0. The Labute approximate surface area is 123 Å². The van der Waals surface area contributed by atoms with E-state index in [0.29, 0.717) is 6.42 Å². The van der Waals surface area contributed by atoms with Gasteiger partial charge in [-0.05, 0) is 42.5 Å². The minimum Gasteiger partial charge on any atom is -0.359 e. The second-order valence-corrected chi connectivity index (χ2v) is 7.95. The van der Waals surface area contributed by atoms with Gasteiger partial charge in [0, 0.05) is 17.3 Å². The van der Waals surface area contributed by atoms with Crippen molar-refractivity contribution in [1.82, 2.24) is 10.3 Å². The van der Waals surface area contributed by atoms with Gasteiger partial charge >= 0.3 is 0 Å². The van der Waals surface area contributed by atoms with Crippen LogP contribution in [0.1, 0.15) is 17.7 Å². The summed E-state index contributed by atoms with van der Waals surface area (Å²) in [5, 5.41) is 3.89. The Balaban J connectivity index is 1.66. The number of carbonyl (C=O) groups excluding carboxylic acids is 1. The first kappa shape index (κ1) is 14.1. The zero-order valence-corrected chi connectivity index (χ0v) is 12.7. The summed E-state index contributed by atoms with van der Waals surface area (Å²) < 4.78 is 22.7. The Hall–Kier alpha value is -1.82. The molecule has 0 radical (unpaired) electrons. The predicted molar refractivity (Wildman–Crippen MR) is 81.9 cm³/mol. The van der Waals surface area contributed by atoms with Crippen molar-refractivity contribution >= 4 is 26.6 Å². The van der Waals surface area contributed by atoms with Gasteiger partial charge < -0.3 is 10.3 Å². The standard InChI is InChI=1S/C15H18N2O3S/c1-10-6-12-7-11(2-3-14(12)16-10)8-15(18)17-13-4-5-21(19,20)9-13/h2-3,6-7,13,16H,4-5,8-9H2,1H3,(H,17,18). The summed E-state index contributed by atoms with van der Waals surface area (Å²) in [5.41, 5.74) is 3.07. The molecule has 1 aromatic heterocycles. The molecule has 0 saturated carbocycles. The van der Waals surface area contributed by atoms with Crippen LogP contribution in [0.4, 0.5) is 0 Å². The smallest absolute Gasteiger partial charge is 0.224 e. The molecule has 3 rings (SSSR count). The van der Waals surface area contributed by atoms with Crippen LogP contribution >= 0.6 is 0 Å². The second-order valence-electron chi connectivity index (χ2n) is 5.72. The third-order valence-corrected chi connectivity index (χ3v) is 5.55. The Morgan fingerprint density at radius 1 is 1.38 bits per heavy atom. The molecule has 1 unspecified atom stereocenters. The molecular weight excluding hydrogens is 288 g/mol. The summed E-state index contributed by atoms with van der Waals surface area (Å²) in [7, 11) is -2.96. The van der Waals surface area contributed by atoms with Crippen molar-refractivity contribution in [1.29, 1.82) is 0 Å². The van der Waals surface area contributed by atoms with E-state index in [-0.39, 0.29) is 29.9 Å². The normalized spacial score (nSPS) is 20.7. The largest absolute Gasteiger partial charge is 0.359 e. The molecule has 1 amide bonds. The molecule has 21 heavy (non-hydrogen) atoms. The highest BCUT2D eigenvalue weighted by Crippen LogP contribution is 2.17. The first-order chi connectivity index (χ1) is 9.91. The Kier molecular flexibility index (Phi) is 3.49. The fourth-order valence-corrected chi connectivity index (χ4v) is 4.48. The number of sulfone groups is 1. The summed E-state index contributed by atoms with van der Waals surface area (Å²) in [6, 6.07) is 7.68. The van der Waals surface area contributed by atoms with E-state index < -0.39 is 9.84 Å². The van der Waals surface area contributed by atoms with Crippen molar-refractivity contribution in [3.63, 3.8) is 0 Å². The first-order valence-corrected chi connectivity index (χ1v) is 8.81. The van der Waals surface area contributed by atoms with Crippen LogP contribution in [0, 0.1) is 6.92 Å². The van der Waals surface area contributed by atoms with Gasteiger partial charge in [-0.2, -0.15) is 0 Å². The third-order valence-electron chi connectivity index (χ3n) is 3.78. The minimum atomic E-state index is -2.96. The van der Waals surface area contributed by atoms with E-state index in [1.807, 2.05) is 31.2 Å². The molecule has 5 nitrogen and oxygen atoms in total. The van der Waals surface area contributed by atoms with E-state index in [2.05, 4.69) is 10.3 Å². The maximum absolute atomic E-state index is 12.0. The summed E-state index contributed by atoms with van der Waals surface area (Å²) in [5.74, 6) is 0.116. The molecule has 2 heterocycles. The van der Waals surface area contributed by atoms with Crippen molar-refractivity contribution in [2.75, 3.05) is 11.5 Å². The number of aromatic nitrogens is 1. The number of aromatic amines is 1. The lowest BCUT2D eigenvalue weighted by Gasteiger charge is -2.10. The predicted octanol–water partition coefficient (Wildman–Crippen LogP) is 1.32. The van der Waals surface area contributed by atoms with Gasteiger partial charge in [-0.25, -0.2) is 8.42 Å². The topological polar surface area (TPSA) is 79.0 Å². The van der Waals surface area contributed by atoms with E-state index in [1.54, 1.807) is 0 Å². The monoisotopic (exact) mass is 306 g/mol. The second kappa shape index (κ2) is 5.18. The highest BCUT2D eigenvalue weighted by molar-refractivity contribution is 7.91. The van der Waals surface area contributed by atoms with Crippen LogP contribution in [0.25, 0.3) is 10.9 Å². The van der Waals surface area contributed by atoms with Crippen LogP contribution in [0.3, 0.4) is 0 Å². The molecular formula is C15H18N2O3S. The minimum absolute atomic E-state index is 0.0643. The molecule has 1 aliphatic rings. The van der Waals surface area contributed by atoms with Gasteiger partial charge in [0.1, 0.15) is 0 Å². The lowest BCUT2D eigenvalue weighted by atomic mass is 10.1. The van der Waals surface area contributed by atoms with Gasteiger partial charge in [-0.1, -0.05) is 6.07 Å². The molecule has 1 aromatic carbocycles. The van der Waals surface area contributed by atoms with Crippen LogP contribution in [-0.4, -0.2) is 36.9 Å². The number of H-pyrrole nitrogens is 1. The van der Waals surface area contributed by atoms with Gasteiger partial charge in [0.2, 0.25) is 5.91 Å². The number of hydrogen-bond acceptors (Lipinski definition) is 3. The Bertz CT molecular complexity index is 792. The van der Waals surface area contributed by atoms with E-state index >= 15 is 0 Å². The highest BCUT2D eigenvalue weighted by atomic mass is 32.2. The SMILES string of the molecule is Cc1cc2cc(CC(=O)NC3CCS(=O)(=O)C3)ccc2[nH]1. The average Bonchev–Trinajstić information content (AvgIpc) is 2.90. The number of carbonyl (C=O) groups is 1. The first-order valence-electron chi connectivity index (χ1n) is 6.99. The molecule has 6 heteroatoms. The lowest BCUT2D eigenvalue weighted by molar-refractivity contribution is -0.120. The molecule has 2 N–H and O–H groups in total. The average molecular weight is 306 g/mol. The molecule has 112 valence electrons. The van der Waals surface area contributed by atoms with E-state index in [4.69, 9.17) is 0 Å². The third kappa shape index (κ3) is 3.26. The van der Waals surface area contributed by atoms with Crippen molar-refractivity contribution in [3.05, 3.63) is 35.5 Å². The molecule has 1 fully saturated rings. The fraction of sp³-hybridized carbons (Fsp3) is 0.400. The Morgan fingerprint density at radius 2 is 2.19 bits per heavy atom. The van der Waals surface area contributed by atoms with Crippen molar-refractivity contribution < 1.29 is 13.2 Å². The molecule has 1 atom stereocenters. The fourth-order valence-electron chi connectivity index (χ4n) is 2.81. The maximum Gasteiger partial charge on any atom is 0.224 e. The zero-order valence-electron chi connectivity index (χ0n) is 11.8.